The van der Waals surface area contributed by atoms with Gasteiger partial charge in [-0.15, -0.1) is 0 Å². The lowest BCUT2D eigenvalue weighted by Crippen LogP contribution is -2.31. The summed E-state index contributed by atoms with van der Waals surface area (Å²) in [4.78, 5) is 18.5. The molecule has 1 aromatic carbocycles. The summed E-state index contributed by atoms with van der Waals surface area (Å²) in [5.41, 5.74) is 2.32. The van der Waals surface area contributed by atoms with Gasteiger partial charge in [0, 0.05) is 31.6 Å². The van der Waals surface area contributed by atoms with Crippen molar-refractivity contribution in [3.05, 3.63) is 59.8 Å². The number of aromatic nitrogens is 1. The maximum atomic E-state index is 12.3. The molecule has 0 aliphatic carbocycles. The summed E-state index contributed by atoms with van der Waals surface area (Å²) in [6.07, 6.45) is 4.06. The summed E-state index contributed by atoms with van der Waals surface area (Å²) in [5, 5.41) is 0. The molecular weight excluding hydrogens is 288 g/mol. The van der Waals surface area contributed by atoms with Crippen molar-refractivity contribution >= 4 is 5.91 Å². The first-order chi connectivity index (χ1) is 11.2. The molecule has 1 amide bonds. The molecular formula is C19H22N2O2. The van der Waals surface area contributed by atoms with Crippen LogP contribution in [0.25, 0.3) is 0 Å². The van der Waals surface area contributed by atoms with Gasteiger partial charge in [-0.2, -0.15) is 0 Å². The van der Waals surface area contributed by atoms with Crippen LogP contribution >= 0.6 is 0 Å². The minimum atomic E-state index is 0.0471. The third-order valence-electron chi connectivity index (χ3n) is 4.14. The Morgan fingerprint density at radius 3 is 2.83 bits per heavy atom. The molecule has 1 aromatic heterocycles. The number of amides is 1. The molecule has 0 radical (unpaired) electrons. The van der Waals surface area contributed by atoms with Crippen LogP contribution in [-0.2, 0) is 11.2 Å². The quantitative estimate of drug-likeness (QED) is 0.852. The van der Waals surface area contributed by atoms with Gasteiger partial charge in [0.05, 0.1) is 6.54 Å². The van der Waals surface area contributed by atoms with Crippen LogP contribution in [0.15, 0.2) is 48.7 Å². The molecule has 1 aliphatic heterocycles. The molecule has 4 nitrogen and oxygen atoms in total. The van der Waals surface area contributed by atoms with E-state index in [-0.39, 0.29) is 12.0 Å². The predicted octanol–water partition coefficient (Wildman–Crippen LogP) is 3.00. The number of carbonyl (C=O) groups is 1. The Balaban J connectivity index is 1.47. The molecule has 0 unspecified atom stereocenters. The van der Waals surface area contributed by atoms with Gasteiger partial charge >= 0.3 is 0 Å². The number of ether oxygens (including phenoxy) is 1. The van der Waals surface area contributed by atoms with Gasteiger partial charge in [-0.3, -0.25) is 4.79 Å². The van der Waals surface area contributed by atoms with E-state index < -0.39 is 0 Å². The van der Waals surface area contributed by atoms with Crippen LogP contribution in [0.1, 0.15) is 24.0 Å². The van der Waals surface area contributed by atoms with Crippen LogP contribution in [0, 0.1) is 6.92 Å². The van der Waals surface area contributed by atoms with Crippen LogP contribution in [0.4, 0.5) is 0 Å². The number of nitrogens with zero attached hydrogens (tertiary/aromatic N) is 2. The third kappa shape index (κ3) is 4.31. The molecule has 0 spiro atoms. The van der Waals surface area contributed by atoms with E-state index in [0.717, 1.165) is 24.9 Å². The molecule has 1 saturated heterocycles. The van der Waals surface area contributed by atoms with Gasteiger partial charge in [0.15, 0.2) is 0 Å². The van der Waals surface area contributed by atoms with Crippen LogP contribution in [0.3, 0.4) is 0 Å². The first-order valence-corrected chi connectivity index (χ1v) is 8.12. The molecule has 120 valence electrons. The zero-order chi connectivity index (χ0) is 16.1. The molecule has 2 heterocycles. The second kappa shape index (κ2) is 7.27. The van der Waals surface area contributed by atoms with E-state index in [1.807, 2.05) is 42.2 Å². The van der Waals surface area contributed by atoms with Crippen molar-refractivity contribution in [3.8, 4) is 5.88 Å². The van der Waals surface area contributed by atoms with E-state index in [1.165, 1.54) is 5.56 Å². The monoisotopic (exact) mass is 310 g/mol. The van der Waals surface area contributed by atoms with Gasteiger partial charge in [0.1, 0.15) is 6.10 Å². The standard InChI is InChI=1S/C19H22N2O2/c1-15-7-9-18(20-13-15)23-17-11-12-21(14-17)19(22)10-8-16-5-3-2-4-6-16/h2-7,9,13,17H,8,10-12,14H2,1H3/t17-/m1/s1. The predicted molar refractivity (Wildman–Crippen MR) is 89.4 cm³/mol. The molecule has 23 heavy (non-hydrogen) atoms. The summed E-state index contributed by atoms with van der Waals surface area (Å²) in [6, 6.07) is 14.0. The number of hydrogen-bond donors (Lipinski definition) is 0. The second-order valence-corrected chi connectivity index (χ2v) is 6.03. The van der Waals surface area contributed by atoms with E-state index in [0.29, 0.717) is 18.8 Å². The number of rotatable bonds is 5. The Hall–Kier alpha value is -2.36. The first-order valence-electron chi connectivity index (χ1n) is 8.12. The molecule has 1 fully saturated rings. The van der Waals surface area contributed by atoms with Crippen LogP contribution in [0.5, 0.6) is 5.88 Å². The molecule has 4 heteroatoms. The maximum absolute atomic E-state index is 12.3. The average Bonchev–Trinajstić information content (AvgIpc) is 3.04. The fourth-order valence-electron chi connectivity index (χ4n) is 2.80. The van der Waals surface area contributed by atoms with Gasteiger partial charge < -0.3 is 9.64 Å². The zero-order valence-corrected chi connectivity index (χ0v) is 13.4. The average molecular weight is 310 g/mol. The number of likely N-dealkylation sites (tertiary alicyclic amines) is 1. The minimum absolute atomic E-state index is 0.0471. The number of hydrogen-bond acceptors (Lipinski definition) is 3. The van der Waals surface area contributed by atoms with E-state index in [2.05, 4.69) is 17.1 Å². The molecule has 1 aliphatic rings. The number of aryl methyl sites for hydroxylation is 2. The van der Waals surface area contributed by atoms with Crippen LogP contribution in [0.2, 0.25) is 0 Å². The number of carbonyl (C=O) groups excluding carboxylic acids is 1. The van der Waals surface area contributed by atoms with Crippen molar-refractivity contribution < 1.29 is 9.53 Å². The highest BCUT2D eigenvalue weighted by Crippen LogP contribution is 2.18. The highest BCUT2D eigenvalue weighted by atomic mass is 16.5. The highest BCUT2D eigenvalue weighted by Gasteiger charge is 2.27. The number of benzene rings is 1. The molecule has 0 N–H and O–H groups in total. The lowest BCUT2D eigenvalue weighted by atomic mass is 10.1. The minimum Gasteiger partial charge on any atom is -0.472 e. The Labute approximate surface area is 137 Å². The van der Waals surface area contributed by atoms with Gasteiger partial charge in [-0.25, -0.2) is 4.98 Å². The molecule has 0 saturated carbocycles. The lowest BCUT2D eigenvalue weighted by molar-refractivity contribution is -0.130. The van der Waals surface area contributed by atoms with Gasteiger partial charge in [-0.1, -0.05) is 36.4 Å². The van der Waals surface area contributed by atoms with Gasteiger partial charge in [-0.05, 0) is 24.5 Å². The van der Waals surface area contributed by atoms with Crippen molar-refractivity contribution in [2.24, 2.45) is 0 Å². The van der Waals surface area contributed by atoms with E-state index in [9.17, 15) is 4.79 Å². The van der Waals surface area contributed by atoms with Crippen molar-refractivity contribution in [2.45, 2.75) is 32.3 Å². The normalized spacial score (nSPS) is 17.3. The van der Waals surface area contributed by atoms with Crippen LogP contribution < -0.4 is 4.74 Å². The van der Waals surface area contributed by atoms with Crippen molar-refractivity contribution in [3.63, 3.8) is 0 Å². The van der Waals surface area contributed by atoms with Crippen molar-refractivity contribution in [1.29, 1.82) is 0 Å². The third-order valence-corrected chi connectivity index (χ3v) is 4.14. The fourth-order valence-corrected chi connectivity index (χ4v) is 2.80. The Morgan fingerprint density at radius 1 is 1.26 bits per heavy atom. The topological polar surface area (TPSA) is 42.4 Å². The zero-order valence-electron chi connectivity index (χ0n) is 13.4. The van der Waals surface area contributed by atoms with Crippen molar-refractivity contribution in [1.82, 2.24) is 9.88 Å². The summed E-state index contributed by atoms with van der Waals surface area (Å²) in [7, 11) is 0. The first kappa shape index (κ1) is 15.5. The van der Waals surface area contributed by atoms with E-state index in [4.69, 9.17) is 4.74 Å². The largest absolute Gasteiger partial charge is 0.472 e. The van der Waals surface area contributed by atoms with Gasteiger partial charge in [0.2, 0.25) is 11.8 Å². The second-order valence-electron chi connectivity index (χ2n) is 6.03. The summed E-state index contributed by atoms with van der Waals surface area (Å²) in [5.74, 6) is 0.844. The molecule has 3 rings (SSSR count). The number of pyridine rings is 1. The van der Waals surface area contributed by atoms with E-state index >= 15 is 0 Å². The molecule has 2 aromatic rings. The molecule has 0 bridgehead atoms. The Kier molecular flexibility index (Phi) is 4.91. The summed E-state index contributed by atoms with van der Waals surface area (Å²) >= 11 is 0. The fraction of sp³-hybridized carbons (Fsp3) is 0.368. The van der Waals surface area contributed by atoms with Gasteiger partial charge in [0.25, 0.3) is 0 Å². The smallest absolute Gasteiger partial charge is 0.223 e. The van der Waals surface area contributed by atoms with E-state index in [1.54, 1.807) is 6.20 Å². The summed E-state index contributed by atoms with van der Waals surface area (Å²) in [6.45, 7) is 3.42. The van der Waals surface area contributed by atoms with Crippen molar-refractivity contribution in [2.75, 3.05) is 13.1 Å². The Bertz CT molecular complexity index is 640. The summed E-state index contributed by atoms with van der Waals surface area (Å²) < 4.78 is 5.87. The molecule has 1 atom stereocenters. The maximum Gasteiger partial charge on any atom is 0.223 e. The Morgan fingerprint density at radius 2 is 2.09 bits per heavy atom. The highest BCUT2D eigenvalue weighted by molar-refractivity contribution is 5.76. The lowest BCUT2D eigenvalue weighted by Gasteiger charge is -2.17. The SMILES string of the molecule is Cc1ccc(O[C@@H]2CCN(C(=O)CCc3ccccc3)C2)nc1. The van der Waals surface area contributed by atoms with Crippen LogP contribution in [-0.4, -0.2) is 35.0 Å².